The summed E-state index contributed by atoms with van der Waals surface area (Å²) in [4.78, 5) is 0. The van der Waals surface area contributed by atoms with E-state index in [-0.39, 0.29) is 5.69 Å². The fourth-order valence-corrected chi connectivity index (χ4v) is 1.75. The van der Waals surface area contributed by atoms with Crippen LogP contribution in [0, 0.1) is 19.7 Å². The lowest BCUT2D eigenvalue weighted by Crippen LogP contribution is -2.11. The molecule has 0 aromatic heterocycles. The molecule has 0 atom stereocenters. The van der Waals surface area contributed by atoms with Crippen molar-refractivity contribution in [3.8, 4) is 0 Å². The molecule has 0 aliphatic carbocycles. The highest BCUT2D eigenvalue weighted by molar-refractivity contribution is 7.92. The van der Waals surface area contributed by atoms with Crippen LogP contribution in [-0.2, 0) is 10.0 Å². The predicted octanol–water partition coefficient (Wildman–Crippen LogP) is 1.81. The summed E-state index contributed by atoms with van der Waals surface area (Å²) in [5, 5.41) is 0. The molecule has 14 heavy (non-hydrogen) atoms. The molecule has 1 aromatic carbocycles. The van der Waals surface area contributed by atoms with E-state index >= 15 is 0 Å². The number of anilines is 1. The second kappa shape index (κ2) is 3.57. The fourth-order valence-electron chi connectivity index (χ4n) is 1.14. The van der Waals surface area contributed by atoms with E-state index in [9.17, 15) is 12.8 Å². The Morgan fingerprint density at radius 1 is 1.21 bits per heavy atom. The summed E-state index contributed by atoms with van der Waals surface area (Å²) in [5.41, 5.74) is 1.49. The minimum Gasteiger partial charge on any atom is -0.283 e. The van der Waals surface area contributed by atoms with Crippen LogP contribution in [0.15, 0.2) is 12.1 Å². The fraction of sp³-hybridized carbons (Fsp3) is 0.333. The third kappa shape index (κ3) is 2.70. The molecule has 3 nitrogen and oxygen atoms in total. The van der Waals surface area contributed by atoms with E-state index in [1.54, 1.807) is 19.9 Å². The van der Waals surface area contributed by atoms with Crippen molar-refractivity contribution in [1.29, 1.82) is 0 Å². The van der Waals surface area contributed by atoms with Crippen LogP contribution in [0.5, 0.6) is 0 Å². The van der Waals surface area contributed by atoms with E-state index in [1.807, 2.05) is 0 Å². The zero-order chi connectivity index (χ0) is 10.9. The van der Waals surface area contributed by atoms with Gasteiger partial charge in [-0.1, -0.05) is 6.07 Å². The minimum atomic E-state index is -3.35. The zero-order valence-corrected chi connectivity index (χ0v) is 9.07. The Labute approximate surface area is 83.0 Å². The number of aryl methyl sites for hydroxylation is 2. The molecule has 1 aromatic rings. The summed E-state index contributed by atoms with van der Waals surface area (Å²) in [6.45, 7) is 3.35. The van der Waals surface area contributed by atoms with Gasteiger partial charge in [-0.05, 0) is 31.0 Å². The van der Waals surface area contributed by atoms with E-state index < -0.39 is 15.8 Å². The van der Waals surface area contributed by atoms with Gasteiger partial charge >= 0.3 is 0 Å². The van der Waals surface area contributed by atoms with Crippen LogP contribution in [0.4, 0.5) is 10.1 Å². The zero-order valence-electron chi connectivity index (χ0n) is 8.26. The first-order chi connectivity index (χ1) is 6.29. The largest absolute Gasteiger partial charge is 0.283 e. The van der Waals surface area contributed by atoms with E-state index in [4.69, 9.17) is 0 Å². The van der Waals surface area contributed by atoms with E-state index in [2.05, 4.69) is 4.72 Å². The number of hydrogen-bond donors (Lipinski definition) is 1. The van der Waals surface area contributed by atoms with Gasteiger partial charge in [0.15, 0.2) is 0 Å². The summed E-state index contributed by atoms with van der Waals surface area (Å²) in [7, 11) is -3.35. The van der Waals surface area contributed by atoms with E-state index in [0.29, 0.717) is 11.1 Å². The van der Waals surface area contributed by atoms with Crippen LogP contribution in [0.3, 0.4) is 0 Å². The molecule has 0 aliphatic heterocycles. The molecule has 0 spiro atoms. The summed E-state index contributed by atoms with van der Waals surface area (Å²) in [5.74, 6) is -0.415. The van der Waals surface area contributed by atoms with Gasteiger partial charge in [0.05, 0.1) is 11.9 Å². The molecule has 0 unspecified atom stereocenters. The molecule has 0 fully saturated rings. The van der Waals surface area contributed by atoms with Gasteiger partial charge in [-0.2, -0.15) is 0 Å². The van der Waals surface area contributed by atoms with Crippen LogP contribution in [0.1, 0.15) is 11.1 Å². The lowest BCUT2D eigenvalue weighted by Gasteiger charge is -2.08. The van der Waals surface area contributed by atoms with Crippen LogP contribution in [0.2, 0.25) is 0 Å². The first kappa shape index (κ1) is 11.0. The van der Waals surface area contributed by atoms with Crippen LogP contribution >= 0.6 is 0 Å². The maximum absolute atomic E-state index is 13.1. The van der Waals surface area contributed by atoms with Crippen molar-refractivity contribution in [2.24, 2.45) is 0 Å². The van der Waals surface area contributed by atoms with E-state index in [0.717, 1.165) is 6.26 Å². The Bertz CT molecular complexity index is 454. The topological polar surface area (TPSA) is 46.2 Å². The third-order valence-corrected chi connectivity index (χ3v) is 2.39. The molecule has 0 saturated heterocycles. The minimum absolute atomic E-state index is 0.288. The number of hydrogen-bond acceptors (Lipinski definition) is 2. The van der Waals surface area contributed by atoms with Crippen molar-refractivity contribution < 1.29 is 12.8 Å². The molecular formula is C9H12FNO2S. The molecule has 0 radical (unpaired) electrons. The van der Waals surface area contributed by atoms with Gasteiger partial charge in [0.2, 0.25) is 10.0 Å². The summed E-state index contributed by atoms with van der Waals surface area (Å²) < 4.78 is 37.2. The quantitative estimate of drug-likeness (QED) is 0.821. The van der Waals surface area contributed by atoms with Gasteiger partial charge in [0, 0.05) is 0 Å². The smallest absolute Gasteiger partial charge is 0.229 e. The third-order valence-electron chi connectivity index (χ3n) is 1.80. The van der Waals surface area contributed by atoms with Gasteiger partial charge in [-0.15, -0.1) is 0 Å². The van der Waals surface area contributed by atoms with Crippen LogP contribution in [0.25, 0.3) is 0 Å². The van der Waals surface area contributed by atoms with Crippen LogP contribution < -0.4 is 4.72 Å². The van der Waals surface area contributed by atoms with Crippen molar-refractivity contribution in [3.63, 3.8) is 0 Å². The van der Waals surface area contributed by atoms with Crippen molar-refractivity contribution in [2.45, 2.75) is 13.8 Å². The lowest BCUT2D eigenvalue weighted by molar-refractivity contribution is 0.606. The number of benzene rings is 1. The molecule has 0 heterocycles. The van der Waals surface area contributed by atoms with Crippen LogP contribution in [-0.4, -0.2) is 14.7 Å². The number of rotatable bonds is 2. The van der Waals surface area contributed by atoms with E-state index in [1.165, 1.54) is 6.07 Å². The molecule has 0 saturated carbocycles. The highest BCUT2D eigenvalue weighted by atomic mass is 32.2. The Kier molecular flexibility index (Phi) is 2.80. The average molecular weight is 217 g/mol. The molecule has 0 aliphatic rings. The van der Waals surface area contributed by atoms with Gasteiger partial charge in [0.1, 0.15) is 5.82 Å². The predicted molar refractivity (Wildman–Crippen MR) is 54.3 cm³/mol. The molecular weight excluding hydrogens is 205 g/mol. The number of sulfonamides is 1. The Hall–Kier alpha value is -1.10. The highest BCUT2D eigenvalue weighted by Gasteiger charge is 2.07. The number of nitrogens with one attached hydrogen (secondary N) is 1. The van der Waals surface area contributed by atoms with Crippen molar-refractivity contribution in [2.75, 3.05) is 11.0 Å². The Morgan fingerprint density at radius 2 is 1.79 bits per heavy atom. The maximum atomic E-state index is 13.1. The maximum Gasteiger partial charge on any atom is 0.229 e. The normalized spacial score (nSPS) is 11.4. The molecule has 5 heteroatoms. The molecule has 1 rings (SSSR count). The lowest BCUT2D eigenvalue weighted by atomic mass is 10.1. The Morgan fingerprint density at radius 3 is 2.29 bits per heavy atom. The van der Waals surface area contributed by atoms with Crippen molar-refractivity contribution in [1.82, 2.24) is 0 Å². The monoisotopic (exact) mass is 217 g/mol. The average Bonchev–Trinajstić information content (AvgIpc) is 1.97. The summed E-state index contributed by atoms with van der Waals surface area (Å²) in [6.07, 6.45) is 1.03. The molecule has 0 bridgehead atoms. The standard InChI is InChI=1S/C9H12FNO2S/c1-6-4-7(2)9(5-8(6)10)11-14(3,12)13/h4-5,11H,1-3H3. The van der Waals surface area contributed by atoms with Crippen molar-refractivity contribution in [3.05, 3.63) is 29.1 Å². The molecule has 0 amide bonds. The summed E-state index contributed by atoms with van der Waals surface area (Å²) >= 11 is 0. The second-order valence-electron chi connectivity index (χ2n) is 3.29. The van der Waals surface area contributed by atoms with Crippen molar-refractivity contribution >= 4 is 15.7 Å². The molecule has 1 N–H and O–H groups in total. The van der Waals surface area contributed by atoms with Gasteiger partial charge in [-0.25, -0.2) is 12.8 Å². The van der Waals surface area contributed by atoms with Gasteiger partial charge in [-0.3, -0.25) is 4.72 Å². The first-order valence-corrected chi connectivity index (χ1v) is 5.93. The molecule has 78 valence electrons. The van der Waals surface area contributed by atoms with Gasteiger partial charge < -0.3 is 0 Å². The number of halogens is 1. The highest BCUT2D eigenvalue weighted by Crippen LogP contribution is 2.20. The Balaban J connectivity index is 3.17. The van der Waals surface area contributed by atoms with Gasteiger partial charge in [0.25, 0.3) is 0 Å². The summed E-state index contributed by atoms with van der Waals surface area (Å²) in [6, 6.07) is 2.79. The second-order valence-corrected chi connectivity index (χ2v) is 5.04. The SMILES string of the molecule is Cc1cc(C)c(NS(C)(=O)=O)cc1F. The first-order valence-electron chi connectivity index (χ1n) is 4.04.